The first-order chi connectivity index (χ1) is 9.44. The predicted octanol–water partition coefficient (Wildman–Crippen LogP) is 3.27. The van der Waals surface area contributed by atoms with Crippen molar-refractivity contribution in [1.29, 1.82) is 0 Å². The number of ketones is 1. The second kappa shape index (κ2) is 5.73. The molecule has 1 aromatic rings. The van der Waals surface area contributed by atoms with Crippen LogP contribution in [0.15, 0.2) is 30.3 Å². The van der Waals surface area contributed by atoms with Crippen LogP contribution in [-0.4, -0.2) is 16.2 Å². The maximum absolute atomic E-state index is 11.8. The summed E-state index contributed by atoms with van der Waals surface area (Å²) in [7, 11) is 0. The van der Waals surface area contributed by atoms with Crippen molar-refractivity contribution in [2.45, 2.75) is 45.1 Å². The van der Waals surface area contributed by atoms with Gasteiger partial charge in [0.15, 0.2) is 0 Å². The molecule has 1 aliphatic carbocycles. The normalized spacial score (nSPS) is 30.2. The zero-order valence-corrected chi connectivity index (χ0v) is 12.0. The van der Waals surface area contributed by atoms with Gasteiger partial charge in [0.25, 0.3) is 0 Å². The van der Waals surface area contributed by atoms with Crippen molar-refractivity contribution in [2.75, 3.05) is 0 Å². The summed E-state index contributed by atoms with van der Waals surface area (Å²) in [4.78, 5) is 23.1. The summed E-state index contributed by atoms with van der Waals surface area (Å²) in [6.07, 6.45) is 2.15. The lowest BCUT2D eigenvalue weighted by molar-refractivity contribution is -0.588. The number of aryl methyl sites for hydroxylation is 1. The molecule has 3 atom stereocenters. The molecular formula is C16H21NO3. The molecule has 1 saturated carbocycles. The zero-order valence-electron chi connectivity index (χ0n) is 12.0. The van der Waals surface area contributed by atoms with E-state index in [1.807, 2.05) is 37.3 Å². The van der Waals surface area contributed by atoms with Crippen molar-refractivity contribution >= 4 is 5.78 Å². The molecule has 1 aliphatic rings. The van der Waals surface area contributed by atoms with E-state index in [2.05, 4.69) is 0 Å². The van der Waals surface area contributed by atoms with E-state index in [4.69, 9.17) is 0 Å². The largest absolute Gasteiger partial charge is 0.300 e. The van der Waals surface area contributed by atoms with E-state index < -0.39 is 5.54 Å². The minimum absolute atomic E-state index is 0.162. The van der Waals surface area contributed by atoms with Crippen LogP contribution in [0.4, 0.5) is 0 Å². The first kappa shape index (κ1) is 14.7. The average Bonchev–Trinajstić information content (AvgIpc) is 2.42. The SMILES string of the molecule is CC1CC(=O)CC(CCc2ccccc2)C1(C)[N+](=O)[O-]. The van der Waals surface area contributed by atoms with Gasteiger partial charge in [-0.3, -0.25) is 14.9 Å². The van der Waals surface area contributed by atoms with Crippen LogP contribution in [0.5, 0.6) is 0 Å². The number of carbonyl (C=O) groups excluding carboxylic acids is 1. The van der Waals surface area contributed by atoms with Gasteiger partial charge in [-0.2, -0.15) is 0 Å². The molecule has 0 bridgehead atoms. The van der Waals surface area contributed by atoms with Gasteiger partial charge in [0.2, 0.25) is 5.54 Å². The van der Waals surface area contributed by atoms with Crippen LogP contribution in [0.1, 0.15) is 38.7 Å². The fraction of sp³-hybridized carbons (Fsp3) is 0.562. The van der Waals surface area contributed by atoms with Gasteiger partial charge in [0.1, 0.15) is 5.78 Å². The van der Waals surface area contributed by atoms with Gasteiger partial charge >= 0.3 is 0 Å². The third kappa shape index (κ3) is 2.74. The number of hydrogen-bond donors (Lipinski definition) is 0. The molecule has 4 nitrogen and oxygen atoms in total. The molecule has 0 aliphatic heterocycles. The Morgan fingerprint density at radius 1 is 1.30 bits per heavy atom. The van der Waals surface area contributed by atoms with Gasteiger partial charge in [0.05, 0.1) is 0 Å². The van der Waals surface area contributed by atoms with Crippen molar-refractivity contribution in [3.8, 4) is 0 Å². The monoisotopic (exact) mass is 275 g/mol. The highest BCUT2D eigenvalue weighted by Gasteiger charge is 2.53. The molecule has 0 spiro atoms. The quantitative estimate of drug-likeness (QED) is 0.626. The maximum atomic E-state index is 11.8. The van der Waals surface area contributed by atoms with Crippen molar-refractivity contribution in [3.63, 3.8) is 0 Å². The lowest BCUT2D eigenvalue weighted by Gasteiger charge is -2.38. The fourth-order valence-electron chi connectivity index (χ4n) is 3.22. The van der Waals surface area contributed by atoms with Crippen LogP contribution in [0.2, 0.25) is 0 Å². The first-order valence-corrected chi connectivity index (χ1v) is 7.14. The van der Waals surface area contributed by atoms with Crippen LogP contribution in [-0.2, 0) is 11.2 Å². The number of rotatable bonds is 4. The van der Waals surface area contributed by atoms with Crippen LogP contribution in [0.3, 0.4) is 0 Å². The Morgan fingerprint density at radius 2 is 1.95 bits per heavy atom. The third-order valence-electron chi connectivity index (χ3n) is 4.85. The van der Waals surface area contributed by atoms with E-state index in [0.717, 1.165) is 6.42 Å². The van der Waals surface area contributed by atoms with E-state index in [0.29, 0.717) is 19.3 Å². The van der Waals surface area contributed by atoms with E-state index in [9.17, 15) is 14.9 Å². The number of benzene rings is 1. The summed E-state index contributed by atoms with van der Waals surface area (Å²) in [5.41, 5.74) is 0.187. The van der Waals surface area contributed by atoms with Crippen LogP contribution < -0.4 is 0 Å². The van der Waals surface area contributed by atoms with E-state index in [-0.39, 0.29) is 22.5 Å². The number of carbonyl (C=O) groups is 1. The number of Topliss-reactive ketones (excluding diaryl/α,β-unsaturated/α-hetero) is 1. The Bertz CT molecular complexity index is 500. The average molecular weight is 275 g/mol. The summed E-state index contributed by atoms with van der Waals surface area (Å²) >= 11 is 0. The molecule has 20 heavy (non-hydrogen) atoms. The maximum Gasteiger partial charge on any atom is 0.225 e. The van der Waals surface area contributed by atoms with E-state index in [1.165, 1.54) is 5.56 Å². The Balaban J connectivity index is 2.14. The first-order valence-electron chi connectivity index (χ1n) is 7.14. The predicted molar refractivity (Wildman–Crippen MR) is 77.1 cm³/mol. The van der Waals surface area contributed by atoms with E-state index in [1.54, 1.807) is 6.92 Å². The van der Waals surface area contributed by atoms with Crippen LogP contribution in [0.25, 0.3) is 0 Å². The van der Waals surface area contributed by atoms with Crippen molar-refractivity contribution in [2.24, 2.45) is 11.8 Å². The standard InChI is InChI=1S/C16H21NO3/c1-12-10-15(18)11-14(16(12,2)17(19)20)9-8-13-6-4-3-5-7-13/h3-7,12,14H,8-11H2,1-2H3. The van der Waals surface area contributed by atoms with Crippen molar-refractivity contribution in [1.82, 2.24) is 0 Å². The molecule has 0 aromatic heterocycles. The molecule has 0 radical (unpaired) electrons. The molecule has 3 unspecified atom stereocenters. The highest BCUT2D eigenvalue weighted by Crippen LogP contribution is 2.41. The van der Waals surface area contributed by atoms with Gasteiger partial charge in [0, 0.05) is 36.5 Å². The van der Waals surface area contributed by atoms with Crippen LogP contribution >= 0.6 is 0 Å². The molecule has 1 aromatic carbocycles. The smallest absolute Gasteiger partial charge is 0.225 e. The summed E-state index contributed by atoms with van der Waals surface area (Å²) in [6, 6.07) is 9.94. The minimum Gasteiger partial charge on any atom is -0.300 e. The summed E-state index contributed by atoms with van der Waals surface area (Å²) in [6.45, 7) is 3.54. The lowest BCUT2D eigenvalue weighted by atomic mass is 9.66. The van der Waals surface area contributed by atoms with Crippen molar-refractivity contribution in [3.05, 3.63) is 46.0 Å². The lowest BCUT2D eigenvalue weighted by Crippen LogP contribution is -2.52. The molecule has 4 heteroatoms. The van der Waals surface area contributed by atoms with Gasteiger partial charge in [-0.25, -0.2) is 0 Å². The third-order valence-corrected chi connectivity index (χ3v) is 4.85. The number of hydrogen-bond acceptors (Lipinski definition) is 3. The molecule has 0 N–H and O–H groups in total. The van der Waals surface area contributed by atoms with Gasteiger partial charge in [-0.1, -0.05) is 37.3 Å². The highest BCUT2D eigenvalue weighted by molar-refractivity contribution is 5.80. The number of nitro groups is 1. The zero-order chi connectivity index (χ0) is 14.8. The fourth-order valence-corrected chi connectivity index (χ4v) is 3.22. The molecule has 1 fully saturated rings. The summed E-state index contributed by atoms with van der Waals surface area (Å²) < 4.78 is 0. The van der Waals surface area contributed by atoms with Gasteiger partial charge in [-0.05, 0) is 18.4 Å². The Labute approximate surface area is 119 Å². The minimum atomic E-state index is -0.983. The van der Waals surface area contributed by atoms with Crippen LogP contribution in [0, 0.1) is 22.0 Å². The molecular weight excluding hydrogens is 254 g/mol. The molecule has 2 rings (SSSR count). The Kier molecular flexibility index (Phi) is 4.21. The molecule has 0 saturated heterocycles. The van der Waals surface area contributed by atoms with Crippen molar-refractivity contribution < 1.29 is 9.72 Å². The van der Waals surface area contributed by atoms with E-state index >= 15 is 0 Å². The van der Waals surface area contributed by atoms with Gasteiger partial charge in [-0.15, -0.1) is 0 Å². The second-order valence-corrected chi connectivity index (χ2v) is 6.05. The summed E-state index contributed by atoms with van der Waals surface area (Å²) in [5, 5.41) is 11.5. The topological polar surface area (TPSA) is 60.2 Å². The number of nitrogens with zero attached hydrogens (tertiary/aromatic N) is 1. The molecule has 108 valence electrons. The van der Waals surface area contributed by atoms with Gasteiger partial charge < -0.3 is 0 Å². The molecule has 0 heterocycles. The Hall–Kier alpha value is -1.71. The Morgan fingerprint density at radius 3 is 2.55 bits per heavy atom. The second-order valence-electron chi connectivity index (χ2n) is 6.05. The highest BCUT2D eigenvalue weighted by atomic mass is 16.6. The summed E-state index contributed by atoms with van der Waals surface area (Å²) in [5.74, 6) is -0.205. The molecule has 0 amide bonds.